The lowest BCUT2D eigenvalue weighted by molar-refractivity contribution is -0.114. The summed E-state index contributed by atoms with van der Waals surface area (Å²) in [4.78, 5) is 25.3. The van der Waals surface area contributed by atoms with Crippen molar-refractivity contribution in [1.82, 2.24) is 0 Å². The van der Waals surface area contributed by atoms with Crippen LogP contribution in [0.4, 0.5) is 0 Å². The van der Waals surface area contributed by atoms with Gasteiger partial charge in [-0.25, -0.2) is 0 Å². The number of allylic oxidation sites excluding steroid dienone is 4. The molecule has 0 atom stereocenters. The molecule has 0 N–H and O–H groups in total. The zero-order valence-electron chi connectivity index (χ0n) is 13.6. The molecule has 1 aliphatic carbocycles. The van der Waals surface area contributed by atoms with Gasteiger partial charge in [0.15, 0.2) is 11.6 Å². The lowest BCUT2D eigenvalue weighted by atomic mass is 9.84. The minimum Gasteiger partial charge on any atom is -0.290 e. The van der Waals surface area contributed by atoms with E-state index in [0.717, 1.165) is 21.9 Å². The van der Waals surface area contributed by atoms with Gasteiger partial charge in [0, 0.05) is 17.6 Å². The molecule has 0 heterocycles. The Bertz CT molecular complexity index is 1030. The summed E-state index contributed by atoms with van der Waals surface area (Å²) in [7, 11) is 0. The smallest absolute Gasteiger partial charge is 0.187 e. The van der Waals surface area contributed by atoms with Crippen LogP contribution in [0.2, 0.25) is 0 Å². The standard InChI is InChI=1S/C23H16O2/c24-21-13-14-22(25)23(20(21)15-16-7-2-1-3-8-16)19-12-6-10-17-9-4-5-11-18(17)19/h1-14H,15H2. The third-order valence-electron chi connectivity index (χ3n) is 4.51. The van der Waals surface area contributed by atoms with Crippen molar-refractivity contribution in [2.24, 2.45) is 0 Å². The van der Waals surface area contributed by atoms with Crippen LogP contribution in [0.25, 0.3) is 16.3 Å². The molecular formula is C23H16O2. The lowest BCUT2D eigenvalue weighted by Crippen LogP contribution is -2.15. The summed E-state index contributed by atoms with van der Waals surface area (Å²) in [6.45, 7) is 0. The van der Waals surface area contributed by atoms with Crippen LogP contribution in [0, 0.1) is 0 Å². The van der Waals surface area contributed by atoms with Crippen molar-refractivity contribution < 1.29 is 9.59 Å². The van der Waals surface area contributed by atoms with Crippen molar-refractivity contribution in [1.29, 1.82) is 0 Å². The molecule has 25 heavy (non-hydrogen) atoms. The van der Waals surface area contributed by atoms with Crippen molar-refractivity contribution in [3.05, 3.63) is 102 Å². The van der Waals surface area contributed by atoms with Gasteiger partial charge >= 0.3 is 0 Å². The maximum absolute atomic E-state index is 12.7. The van der Waals surface area contributed by atoms with Gasteiger partial charge in [0.2, 0.25) is 0 Å². The molecule has 0 fully saturated rings. The highest BCUT2D eigenvalue weighted by molar-refractivity contribution is 6.37. The van der Waals surface area contributed by atoms with Crippen molar-refractivity contribution in [2.75, 3.05) is 0 Å². The Kier molecular flexibility index (Phi) is 3.87. The minimum atomic E-state index is -0.109. The van der Waals surface area contributed by atoms with Gasteiger partial charge in [-0.15, -0.1) is 0 Å². The molecule has 2 nitrogen and oxygen atoms in total. The normalized spacial score (nSPS) is 14.4. The monoisotopic (exact) mass is 324 g/mol. The van der Waals surface area contributed by atoms with Crippen LogP contribution in [0.5, 0.6) is 0 Å². The van der Waals surface area contributed by atoms with Gasteiger partial charge < -0.3 is 0 Å². The second-order valence-electron chi connectivity index (χ2n) is 6.10. The second-order valence-corrected chi connectivity index (χ2v) is 6.10. The minimum absolute atomic E-state index is 0.0913. The fraction of sp³-hybridized carbons (Fsp3) is 0.0435. The van der Waals surface area contributed by atoms with Crippen LogP contribution in [-0.4, -0.2) is 11.6 Å². The summed E-state index contributed by atoms with van der Waals surface area (Å²) >= 11 is 0. The van der Waals surface area contributed by atoms with E-state index in [4.69, 9.17) is 0 Å². The fourth-order valence-electron chi connectivity index (χ4n) is 3.32. The summed E-state index contributed by atoms with van der Waals surface area (Å²) in [6.07, 6.45) is 3.22. The Morgan fingerprint density at radius 3 is 2.16 bits per heavy atom. The van der Waals surface area contributed by atoms with Crippen LogP contribution >= 0.6 is 0 Å². The third-order valence-corrected chi connectivity index (χ3v) is 4.51. The van der Waals surface area contributed by atoms with Gasteiger partial charge in [-0.2, -0.15) is 0 Å². The van der Waals surface area contributed by atoms with Crippen LogP contribution in [0.1, 0.15) is 11.1 Å². The van der Waals surface area contributed by atoms with Crippen molar-refractivity contribution in [3.63, 3.8) is 0 Å². The summed E-state index contributed by atoms with van der Waals surface area (Å²) in [5, 5.41) is 2.04. The zero-order valence-corrected chi connectivity index (χ0v) is 13.6. The van der Waals surface area contributed by atoms with E-state index in [1.807, 2.05) is 72.8 Å². The number of rotatable bonds is 3. The number of carbonyl (C=O) groups excluding carboxylic acids is 2. The molecule has 0 aromatic heterocycles. The maximum atomic E-state index is 12.7. The molecule has 0 spiro atoms. The molecule has 0 amide bonds. The van der Waals surface area contributed by atoms with E-state index >= 15 is 0 Å². The highest BCUT2D eigenvalue weighted by Gasteiger charge is 2.25. The highest BCUT2D eigenvalue weighted by atomic mass is 16.1. The molecule has 3 aromatic rings. The van der Waals surface area contributed by atoms with E-state index in [9.17, 15) is 9.59 Å². The van der Waals surface area contributed by atoms with Crippen LogP contribution < -0.4 is 0 Å². The topological polar surface area (TPSA) is 34.1 Å². The van der Waals surface area contributed by atoms with E-state index in [-0.39, 0.29) is 11.6 Å². The van der Waals surface area contributed by atoms with Gasteiger partial charge in [-0.3, -0.25) is 9.59 Å². The molecule has 3 aromatic carbocycles. The van der Waals surface area contributed by atoms with E-state index < -0.39 is 0 Å². The predicted octanol–water partition coefficient (Wildman–Crippen LogP) is 4.54. The number of carbonyl (C=O) groups is 2. The van der Waals surface area contributed by atoms with Gasteiger partial charge in [-0.1, -0.05) is 72.8 Å². The Morgan fingerprint density at radius 1 is 0.640 bits per heavy atom. The summed E-state index contributed by atoms with van der Waals surface area (Å²) in [5.74, 6) is -0.201. The van der Waals surface area contributed by atoms with Gasteiger partial charge in [0.1, 0.15) is 0 Å². The van der Waals surface area contributed by atoms with Crippen molar-refractivity contribution in [2.45, 2.75) is 6.42 Å². The SMILES string of the molecule is O=C1C=CC(=O)C(c2cccc3ccccc23)=C1Cc1ccccc1. The molecule has 2 heteroatoms. The Morgan fingerprint density at radius 2 is 1.32 bits per heavy atom. The first-order chi connectivity index (χ1) is 12.2. The highest BCUT2D eigenvalue weighted by Crippen LogP contribution is 2.32. The first-order valence-electron chi connectivity index (χ1n) is 8.26. The molecule has 120 valence electrons. The Balaban J connectivity index is 1.94. The van der Waals surface area contributed by atoms with Crippen LogP contribution in [0.15, 0.2) is 90.5 Å². The van der Waals surface area contributed by atoms with Crippen molar-refractivity contribution in [3.8, 4) is 0 Å². The Hall–Kier alpha value is -3.26. The molecule has 1 aliphatic rings. The second kappa shape index (κ2) is 6.33. The van der Waals surface area contributed by atoms with Crippen LogP contribution in [0.3, 0.4) is 0 Å². The summed E-state index contributed by atoms with van der Waals surface area (Å²) in [5.41, 5.74) is 2.93. The number of hydrogen-bond acceptors (Lipinski definition) is 2. The molecule has 0 bridgehead atoms. The van der Waals surface area contributed by atoms with E-state index in [1.54, 1.807) is 0 Å². The van der Waals surface area contributed by atoms with Gasteiger partial charge in [-0.05, 0) is 34.1 Å². The molecule has 4 rings (SSSR count). The first-order valence-corrected chi connectivity index (χ1v) is 8.26. The number of hydrogen-bond donors (Lipinski definition) is 0. The number of ketones is 2. The molecular weight excluding hydrogens is 308 g/mol. The van der Waals surface area contributed by atoms with E-state index in [2.05, 4.69) is 0 Å². The average molecular weight is 324 g/mol. The summed E-state index contributed by atoms with van der Waals surface area (Å²) < 4.78 is 0. The van der Waals surface area contributed by atoms with Gasteiger partial charge in [0.05, 0.1) is 0 Å². The molecule has 0 aliphatic heterocycles. The summed E-state index contributed by atoms with van der Waals surface area (Å²) in [6, 6.07) is 23.6. The van der Waals surface area contributed by atoms with E-state index in [0.29, 0.717) is 17.6 Å². The fourth-order valence-corrected chi connectivity index (χ4v) is 3.32. The Labute approximate surface area is 146 Å². The average Bonchev–Trinajstić information content (AvgIpc) is 2.66. The quantitative estimate of drug-likeness (QED) is 0.663. The molecule has 0 saturated heterocycles. The third kappa shape index (κ3) is 2.83. The number of fused-ring (bicyclic) bond motifs is 1. The molecule has 0 radical (unpaired) electrons. The molecule has 0 unspecified atom stereocenters. The number of benzene rings is 3. The molecule has 0 saturated carbocycles. The lowest BCUT2D eigenvalue weighted by Gasteiger charge is -2.17. The first kappa shape index (κ1) is 15.3. The van der Waals surface area contributed by atoms with Crippen LogP contribution in [-0.2, 0) is 16.0 Å². The van der Waals surface area contributed by atoms with Gasteiger partial charge in [0.25, 0.3) is 0 Å². The zero-order chi connectivity index (χ0) is 17.2. The van der Waals surface area contributed by atoms with Crippen molar-refractivity contribution >= 4 is 27.9 Å². The maximum Gasteiger partial charge on any atom is 0.187 e. The van der Waals surface area contributed by atoms with E-state index in [1.165, 1.54) is 12.2 Å². The largest absolute Gasteiger partial charge is 0.290 e. The predicted molar refractivity (Wildman–Crippen MR) is 100 cm³/mol.